The van der Waals surface area contributed by atoms with Crippen LogP contribution >= 0.6 is 0 Å². The van der Waals surface area contributed by atoms with Gasteiger partial charge in [0.15, 0.2) is 6.10 Å². The number of aliphatic carboxylic acids is 3. The van der Waals surface area contributed by atoms with E-state index in [-0.39, 0.29) is 29.0 Å². The fourth-order valence-corrected chi connectivity index (χ4v) is 4.51. The monoisotopic (exact) mass is 610 g/mol. The predicted octanol–water partition coefficient (Wildman–Crippen LogP) is 8.11. The first-order valence-electron chi connectivity index (χ1n) is 16.4. The van der Waals surface area contributed by atoms with E-state index in [0.29, 0.717) is 31.3 Å². The molecule has 3 aliphatic rings. The summed E-state index contributed by atoms with van der Waals surface area (Å²) in [5.41, 5.74) is -0.119. The number of Topliss-reactive ketones (excluding diaryl/α,β-unsaturated/α-hetero) is 1. The first-order valence-corrected chi connectivity index (χ1v) is 16.4. The van der Waals surface area contributed by atoms with Crippen molar-refractivity contribution in [2.75, 3.05) is 6.61 Å². The largest absolute Gasteiger partial charge is 0.481 e. The van der Waals surface area contributed by atoms with Gasteiger partial charge in [-0.25, -0.2) is 4.79 Å². The summed E-state index contributed by atoms with van der Waals surface area (Å²) in [4.78, 5) is 44.5. The highest BCUT2D eigenvalue weighted by Gasteiger charge is 2.34. The van der Waals surface area contributed by atoms with Crippen LogP contribution in [-0.4, -0.2) is 51.7 Å². The van der Waals surface area contributed by atoms with E-state index in [1.54, 1.807) is 0 Å². The molecule has 3 saturated carbocycles. The molecule has 3 atom stereocenters. The van der Waals surface area contributed by atoms with Gasteiger partial charge < -0.3 is 20.1 Å². The molecule has 0 aromatic heterocycles. The van der Waals surface area contributed by atoms with Crippen molar-refractivity contribution in [2.45, 2.75) is 145 Å². The van der Waals surface area contributed by atoms with Crippen LogP contribution in [0.4, 0.5) is 0 Å². The number of carboxylic acids is 3. The fraction of sp³-hybridized carbons (Fsp3) is 0.886. The molecule has 0 bridgehead atoms. The molecule has 0 aliphatic heterocycles. The van der Waals surface area contributed by atoms with E-state index >= 15 is 0 Å². The Labute approximate surface area is 260 Å². The van der Waals surface area contributed by atoms with E-state index < -0.39 is 35.3 Å². The molecule has 43 heavy (non-hydrogen) atoms. The molecule has 8 nitrogen and oxygen atoms in total. The highest BCUT2D eigenvalue weighted by Crippen LogP contribution is 2.38. The van der Waals surface area contributed by atoms with Crippen LogP contribution in [0.15, 0.2) is 0 Å². The van der Waals surface area contributed by atoms with Gasteiger partial charge in [0.1, 0.15) is 5.78 Å². The van der Waals surface area contributed by atoms with Gasteiger partial charge in [-0.15, -0.1) is 0 Å². The van der Waals surface area contributed by atoms with Gasteiger partial charge in [0.25, 0.3) is 0 Å². The summed E-state index contributed by atoms with van der Waals surface area (Å²) in [5, 5.41) is 27.0. The number of carboxylic acid groups (broad SMARTS) is 3. The number of carbonyl (C=O) groups excluding carboxylic acids is 1. The van der Waals surface area contributed by atoms with E-state index in [1.807, 2.05) is 41.5 Å². The molecule has 3 fully saturated rings. The van der Waals surface area contributed by atoms with Gasteiger partial charge in [-0.3, -0.25) is 14.4 Å². The lowest BCUT2D eigenvalue weighted by atomic mass is 9.84. The van der Waals surface area contributed by atoms with E-state index in [0.717, 1.165) is 38.0 Å². The topological polar surface area (TPSA) is 138 Å². The van der Waals surface area contributed by atoms with Crippen molar-refractivity contribution >= 4 is 23.7 Å². The lowest BCUT2D eigenvalue weighted by Gasteiger charge is -2.21. The number of hydrogen-bond donors (Lipinski definition) is 3. The lowest BCUT2D eigenvalue weighted by molar-refractivity contribution is -0.153. The molecular weight excluding hydrogens is 548 g/mol. The van der Waals surface area contributed by atoms with E-state index in [2.05, 4.69) is 20.8 Å². The standard InChI is InChI=1S/C12H20O3.C12H22O2.C11H20O3/c1-12(2,3)10(13)7-9(11(14)15)6-8-4-5-8;1-12(2,3)7-6-10(11(13)14)8-9-4-5-9;1-11(2,3)7-14-9(10(12)13)6-8-4-5-8/h8-9H,4-7H2,1-3H3,(H,14,15);9-10H,4-8H2,1-3H3,(H,13,14);8-9H,4-7H2,1-3H3,(H,12,13). The normalized spacial score (nSPS) is 19.1. The summed E-state index contributed by atoms with van der Waals surface area (Å²) in [6.07, 6.45) is 10.8. The molecule has 8 heteroatoms. The number of rotatable bonds is 15. The van der Waals surface area contributed by atoms with Crippen molar-refractivity contribution in [1.29, 1.82) is 0 Å². The third kappa shape index (κ3) is 20.6. The second kappa shape index (κ2) is 16.9. The van der Waals surface area contributed by atoms with Crippen LogP contribution in [0.25, 0.3) is 0 Å². The summed E-state index contributed by atoms with van der Waals surface area (Å²) in [7, 11) is 0. The van der Waals surface area contributed by atoms with Crippen LogP contribution in [0, 0.1) is 45.8 Å². The zero-order valence-corrected chi connectivity index (χ0v) is 28.5. The van der Waals surface area contributed by atoms with Crippen molar-refractivity contribution in [3.05, 3.63) is 0 Å². The molecule has 0 spiro atoms. The molecule has 0 amide bonds. The SMILES string of the molecule is CC(C)(C)C(=O)CC(CC1CC1)C(=O)O.CC(C)(C)CCC(CC1CC1)C(=O)O.CC(C)(C)COC(CC1CC1)C(=O)O. The number of ketones is 1. The Bertz CT molecular complexity index is 846. The molecule has 0 aromatic rings. The summed E-state index contributed by atoms with van der Waals surface area (Å²) >= 11 is 0. The molecule has 3 N–H and O–H groups in total. The van der Waals surface area contributed by atoms with Gasteiger partial charge >= 0.3 is 17.9 Å². The maximum atomic E-state index is 11.7. The zero-order chi connectivity index (χ0) is 33.2. The molecule has 3 unspecified atom stereocenters. The molecule has 0 saturated heterocycles. The summed E-state index contributed by atoms with van der Waals surface area (Å²) in [5.74, 6) is -0.880. The summed E-state index contributed by atoms with van der Waals surface area (Å²) < 4.78 is 5.42. The smallest absolute Gasteiger partial charge is 0.332 e. The molecule has 3 rings (SSSR count). The van der Waals surface area contributed by atoms with Gasteiger partial charge in [-0.05, 0) is 60.7 Å². The maximum Gasteiger partial charge on any atom is 0.332 e. The number of carbonyl (C=O) groups is 4. The van der Waals surface area contributed by atoms with E-state index in [1.165, 1.54) is 25.7 Å². The Morgan fingerprint density at radius 1 is 0.628 bits per heavy atom. The Morgan fingerprint density at radius 2 is 1.05 bits per heavy atom. The van der Waals surface area contributed by atoms with Gasteiger partial charge in [0, 0.05) is 11.8 Å². The molecule has 3 aliphatic carbocycles. The van der Waals surface area contributed by atoms with Crippen molar-refractivity contribution in [2.24, 2.45) is 45.8 Å². The van der Waals surface area contributed by atoms with Gasteiger partial charge in [0.05, 0.1) is 18.4 Å². The minimum Gasteiger partial charge on any atom is -0.481 e. The molecular formula is C35H62O8. The Kier molecular flexibility index (Phi) is 15.4. The van der Waals surface area contributed by atoms with Crippen LogP contribution in [-0.2, 0) is 23.9 Å². The highest BCUT2D eigenvalue weighted by molar-refractivity contribution is 5.87. The van der Waals surface area contributed by atoms with Crippen LogP contribution in [0.2, 0.25) is 0 Å². The minimum absolute atomic E-state index is 0.0389. The van der Waals surface area contributed by atoms with Crippen LogP contribution in [0.1, 0.15) is 139 Å². The maximum absolute atomic E-state index is 11.7. The van der Waals surface area contributed by atoms with Gasteiger partial charge in [0.2, 0.25) is 0 Å². The molecule has 0 radical (unpaired) electrons. The first kappa shape index (κ1) is 39.1. The second-order valence-corrected chi connectivity index (χ2v) is 16.8. The van der Waals surface area contributed by atoms with Crippen molar-refractivity contribution in [3.63, 3.8) is 0 Å². The second-order valence-electron chi connectivity index (χ2n) is 16.8. The molecule has 250 valence electrons. The van der Waals surface area contributed by atoms with E-state index in [9.17, 15) is 19.2 Å². The first-order chi connectivity index (χ1) is 19.6. The zero-order valence-electron chi connectivity index (χ0n) is 28.5. The Hall–Kier alpha value is -1.96. The third-order valence-corrected chi connectivity index (χ3v) is 8.08. The highest BCUT2D eigenvalue weighted by atomic mass is 16.5. The average molecular weight is 611 g/mol. The van der Waals surface area contributed by atoms with Crippen molar-refractivity contribution < 1.29 is 39.2 Å². The summed E-state index contributed by atoms with van der Waals surface area (Å²) in [6.45, 7) is 18.7. The number of hydrogen-bond acceptors (Lipinski definition) is 5. The quantitative estimate of drug-likeness (QED) is 0.169. The Morgan fingerprint density at radius 3 is 1.37 bits per heavy atom. The fourth-order valence-electron chi connectivity index (χ4n) is 4.51. The Balaban J connectivity index is 0.000000323. The van der Waals surface area contributed by atoms with E-state index in [4.69, 9.17) is 20.1 Å². The van der Waals surface area contributed by atoms with Crippen molar-refractivity contribution in [1.82, 2.24) is 0 Å². The van der Waals surface area contributed by atoms with Crippen LogP contribution < -0.4 is 0 Å². The average Bonchev–Trinajstić information content (AvgIpc) is 3.69. The third-order valence-electron chi connectivity index (χ3n) is 8.08. The van der Waals surface area contributed by atoms with Crippen LogP contribution in [0.5, 0.6) is 0 Å². The summed E-state index contributed by atoms with van der Waals surface area (Å²) in [6, 6.07) is 0. The van der Waals surface area contributed by atoms with Crippen molar-refractivity contribution in [3.8, 4) is 0 Å². The molecule has 0 heterocycles. The predicted molar refractivity (Wildman–Crippen MR) is 169 cm³/mol. The van der Waals surface area contributed by atoms with Gasteiger partial charge in [-0.1, -0.05) is 101 Å². The molecule has 0 aromatic carbocycles. The van der Waals surface area contributed by atoms with Crippen LogP contribution in [0.3, 0.4) is 0 Å². The minimum atomic E-state index is -0.820. The van der Waals surface area contributed by atoms with Gasteiger partial charge in [-0.2, -0.15) is 0 Å². The number of ether oxygens (including phenoxy) is 1. The lowest BCUT2D eigenvalue weighted by Crippen LogP contribution is -2.28.